The van der Waals surface area contributed by atoms with Gasteiger partial charge in [-0.1, -0.05) is 0 Å². The second-order valence-electron chi connectivity index (χ2n) is 4.15. The van der Waals surface area contributed by atoms with Gasteiger partial charge in [0.15, 0.2) is 11.4 Å². The van der Waals surface area contributed by atoms with Crippen LogP contribution in [0.3, 0.4) is 0 Å². The van der Waals surface area contributed by atoms with Crippen molar-refractivity contribution in [1.82, 2.24) is 29.8 Å². The predicted octanol–water partition coefficient (Wildman–Crippen LogP) is 1.36. The number of anilines is 1. The maximum Gasteiger partial charge on any atom is 0.223 e. The van der Waals surface area contributed by atoms with E-state index in [9.17, 15) is 0 Å². The zero-order chi connectivity index (χ0) is 13.5. The van der Waals surface area contributed by atoms with E-state index in [0.717, 1.165) is 5.69 Å². The summed E-state index contributed by atoms with van der Waals surface area (Å²) in [6.07, 6.45) is 3.22. The van der Waals surface area contributed by atoms with Gasteiger partial charge in [0.05, 0.1) is 17.7 Å². The normalized spacial score (nSPS) is 11.2. The third-order valence-corrected chi connectivity index (χ3v) is 2.87. The lowest BCUT2D eigenvalue weighted by Crippen LogP contribution is -2.03. The Morgan fingerprint density at radius 3 is 2.95 bits per heavy atom. The fourth-order valence-corrected chi connectivity index (χ4v) is 1.96. The molecule has 8 heteroatoms. The number of hydrogen-bond acceptors (Lipinski definition) is 6. The maximum absolute atomic E-state index is 5.91. The van der Waals surface area contributed by atoms with E-state index in [1.54, 1.807) is 30.7 Å². The van der Waals surface area contributed by atoms with Crippen LogP contribution in [0.15, 0.2) is 41.1 Å². The minimum absolute atomic E-state index is 0.248. The third kappa shape index (κ3) is 1.55. The maximum atomic E-state index is 5.91. The van der Waals surface area contributed by atoms with E-state index in [1.165, 1.54) is 4.52 Å². The summed E-state index contributed by atoms with van der Waals surface area (Å²) in [5.74, 6) is 1.29. The Bertz CT molecular complexity index is 861. The molecule has 4 rings (SSSR count). The topological polar surface area (TPSA) is 111 Å². The first-order valence-electron chi connectivity index (χ1n) is 5.88. The van der Waals surface area contributed by atoms with E-state index in [-0.39, 0.29) is 5.95 Å². The standard InChI is InChI=1S/C12H9N7O/c13-12-15-8(7-3-4-14-17-7)6-10-16-11(18-19(10)12)9-2-1-5-20-9/h1-6H,(H2,13,15)(H,14,17). The first-order valence-corrected chi connectivity index (χ1v) is 5.88. The molecule has 0 fully saturated rings. The van der Waals surface area contributed by atoms with Crippen molar-refractivity contribution in [1.29, 1.82) is 0 Å². The van der Waals surface area contributed by atoms with E-state index in [4.69, 9.17) is 10.2 Å². The molecule has 0 aliphatic carbocycles. The number of nitrogen functional groups attached to an aromatic ring is 1. The highest BCUT2D eigenvalue weighted by atomic mass is 16.3. The van der Waals surface area contributed by atoms with Crippen molar-refractivity contribution in [3.63, 3.8) is 0 Å². The number of aromatic amines is 1. The molecule has 0 aromatic carbocycles. The number of nitrogens with zero attached hydrogens (tertiary/aromatic N) is 5. The summed E-state index contributed by atoms with van der Waals surface area (Å²) < 4.78 is 6.75. The van der Waals surface area contributed by atoms with Gasteiger partial charge >= 0.3 is 0 Å². The minimum atomic E-state index is 0.248. The number of nitrogens with two attached hydrogens (primary N) is 1. The molecule has 98 valence electrons. The zero-order valence-electron chi connectivity index (χ0n) is 10.2. The van der Waals surface area contributed by atoms with Gasteiger partial charge in [-0.25, -0.2) is 9.97 Å². The fraction of sp³-hybridized carbons (Fsp3) is 0. The molecule has 0 spiro atoms. The van der Waals surface area contributed by atoms with Crippen molar-refractivity contribution in [3.05, 3.63) is 36.7 Å². The van der Waals surface area contributed by atoms with Gasteiger partial charge in [-0.05, 0) is 18.2 Å². The molecule has 3 N–H and O–H groups in total. The summed E-state index contributed by atoms with van der Waals surface area (Å²) in [5.41, 5.74) is 7.93. The second-order valence-corrected chi connectivity index (χ2v) is 4.15. The molecule has 20 heavy (non-hydrogen) atoms. The molecule has 0 aliphatic rings. The number of nitrogens with one attached hydrogen (secondary N) is 1. The van der Waals surface area contributed by atoms with Crippen molar-refractivity contribution in [3.8, 4) is 23.0 Å². The molecular weight excluding hydrogens is 258 g/mol. The Morgan fingerprint density at radius 2 is 2.20 bits per heavy atom. The van der Waals surface area contributed by atoms with E-state index in [2.05, 4.69) is 25.3 Å². The van der Waals surface area contributed by atoms with Crippen molar-refractivity contribution in [2.24, 2.45) is 0 Å². The fourth-order valence-electron chi connectivity index (χ4n) is 1.96. The molecule has 4 aromatic rings. The average molecular weight is 267 g/mol. The quantitative estimate of drug-likeness (QED) is 0.567. The molecule has 0 amide bonds. The highest BCUT2D eigenvalue weighted by Gasteiger charge is 2.13. The van der Waals surface area contributed by atoms with Crippen LogP contribution >= 0.6 is 0 Å². The van der Waals surface area contributed by atoms with E-state index >= 15 is 0 Å². The van der Waals surface area contributed by atoms with Crippen LogP contribution in [-0.2, 0) is 0 Å². The summed E-state index contributed by atoms with van der Waals surface area (Å²) >= 11 is 0. The van der Waals surface area contributed by atoms with Crippen LogP contribution in [0.4, 0.5) is 5.95 Å². The van der Waals surface area contributed by atoms with Gasteiger partial charge in [0, 0.05) is 12.3 Å². The van der Waals surface area contributed by atoms with E-state index < -0.39 is 0 Å². The van der Waals surface area contributed by atoms with Crippen molar-refractivity contribution < 1.29 is 4.42 Å². The molecule has 8 nitrogen and oxygen atoms in total. The van der Waals surface area contributed by atoms with Crippen LogP contribution in [0.2, 0.25) is 0 Å². The van der Waals surface area contributed by atoms with Crippen LogP contribution in [0, 0.1) is 0 Å². The Labute approximate surface area is 112 Å². The number of H-pyrrole nitrogens is 1. The smallest absolute Gasteiger partial charge is 0.223 e. The predicted molar refractivity (Wildman–Crippen MR) is 70.5 cm³/mol. The largest absolute Gasteiger partial charge is 0.461 e. The van der Waals surface area contributed by atoms with Crippen LogP contribution < -0.4 is 5.73 Å². The summed E-state index contributed by atoms with van der Waals surface area (Å²) in [7, 11) is 0. The number of furan rings is 1. The van der Waals surface area contributed by atoms with Crippen LogP contribution in [0.1, 0.15) is 0 Å². The Balaban J connectivity index is 1.92. The summed E-state index contributed by atoms with van der Waals surface area (Å²) in [6, 6.07) is 7.15. The lowest BCUT2D eigenvalue weighted by Gasteiger charge is -2.00. The molecule has 4 heterocycles. The molecule has 0 radical (unpaired) electrons. The molecule has 0 bridgehead atoms. The SMILES string of the molecule is Nc1nc(-c2ccn[nH]2)cc2nc(-c3ccco3)nn12. The van der Waals surface area contributed by atoms with Crippen LogP contribution in [0.5, 0.6) is 0 Å². The molecule has 0 aliphatic heterocycles. The van der Waals surface area contributed by atoms with Gasteiger partial charge in [-0.2, -0.15) is 9.61 Å². The lowest BCUT2D eigenvalue weighted by molar-refractivity contribution is 0.577. The number of rotatable bonds is 2. The van der Waals surface area contributed by atoms with Crippen molar-refractivity contribution >= 4 is 11.6 Å². The highest BCUT2D eigenvalue weighted by molar-refractivity contribution is 5.63. The number of fused-ring (bicyclic) bond motifs is 1. The molecule has 0 atom stereocenters. The summed E-state index contributed by atoms with van der Waals surface area (Å²) in [5, 5.41) is 11.0. The third-order valence-electron chi connectivity index (χ3n) is 2.87. The first-order chi connectivity index (χ1) is 9.81. The highest BCUT2D eigenvalue weighted by Crippen LogP contribution is 2.21. The average Bonchev–Trinajstić information content (AvgIpc) is 3.19. The van der Waals surface area contributed by atoms with E-state index in [1.807, 2.05) is 6.07 Å². The van der Waals surface area contributed by atoms with Gasteiger partial charge in [-0.15, -0.1) is 5.10 Å². The van der Waals surface area contributed by atoms with Gasteiger partial charge in [0.25, 0.3) is 0 Å². The van der Waals surface area contributed by atoms with Crippen LogP contribution in [0.25, 0.3) is 28.6 Å². The summed E-state index contributed by atoms with van der Waals surface area (Å²) in [4.78, 5) is 8.67. The monoisotopic (exact) mass is 267 g/mol. The minimum Gasteiger partial charge on any atom is -0.461 e. The summed E-state index contributed by atoms with van der Waals surface area (Å²) in [6.45, 7) is 0. The first kappa shape index (κ1) is 10.7. The molecule has 0 saturated heterocycles. The van der Waals surface area contributed by atoms with Crippen molar-refractivity contribution in [2.45, 2.75) is 0 Å². The van der Waals surface area contributed by atoms with E-state index in [0.29, 0.717) is 22.9 Å². The Hall–Kier alpha value is -3.16. The van der Waals surface area contributed by atoms with Crippen molar-refractivity contribution in [2.75, 3.05) is 5.73 Å². The second kappa shape index (κ2) is 3.92. The van der Waals surface area contributed by atoms with Gasteiger partial charge in [0.1, 0.15) is 0 Å². The number of aromatic nitrogens is 6. The lowest BCUT2D eigenvalue weighted by atomic mass is 10.3. The molecule has 0 saturated carbocycles. The van der Waals surface area contributed by atoms with Crippen LogP contribution in [-0.4, -0.2) is 29.8 Å². The molecular formula is C12H9N7O. The Kier molecular flexibility index (Phi) is 2.10. The Morgan fingerprint density at radius 1 is 1.25 bits per heavy atom. The number of hydrogen-bond donors (Lipinski definition) is 2. The molecule has 0 unspecified atom stereocenters. The van der Waals surface area contributed by atoms with Gasteiger partial charge in [-0.3, -0.25) is 5.10 Å². The van der Waals surface area contributed by atoms with Gasteiger partial charge < -0.3 is 10.2 Å². The molecule has 4 aromatic heterocycles. The van der Waals surface area contributed by atoms with Gasteiger partial charge in [0.2, 0.25) is 11.8 Å². The zero-order valence-corrected chi connectivity index (χ0v) is 10.2.